The molecule has 0 aliphatic carbocycles. The van der Waals surface area contributed by atoms with Gasteiger partial charge >= 0.3 is 5.97 Å². The molecular weight excluding hydrogens is 394 g/mol. The van der Waals surface area contributed by atoms with Crippen molar-refractivity contribution in [3.8, 4) is 28.7 Å². The minimum absolute atomic E-state index is 0.0704. The number of esters is 1. The third-order valence-corrected chi connectivity index (χ3v) is 4.45. The summed E-state index contributed by atoms with van der Waals surface area (Å²) >= 11 is 0. The predicted molar refractivity (Wildman–Crippen MR) is 111 cm³/mol. The van der Waals surface area contributed by atoms with Crippen LogP contribution in [0.25, 0.3) is 11.1 Å². The van der Waals surface area contributed by atoms with E-state index in [0.29, 0.717) is 34.3 Å². The fraction of sp³-hybridized carbons (Fsp3) is 0.0833. The first-order chi connectivity index (χ1) is 15.1. The monoisotopic (exact) mass is 411 g/mol. The van der Waals surface area contributed by atoms with Crippen molar-refractivity contribution in [2.45, 2.75) is 13.5 Å². The van der Waals surface area contributed by atoms with Gasteiger partial charge in [0.25, 0.3) is 0 Å². The smallest absolute Gasteiger partial charge is 0.347 e. The van der Waals surface area contributed by atoms with Crippen molar-refractivity contribution < 1.29 is 18.8 Å². The second-order valence-electron chi connectivity index (χ2n) is 6.62. The highest BCUT2D eigenvalue weighted by atomic mass is 16.5. The third kappa shape index (κ3) is 4.77. The van der Waals surface area contributed by atoms with E-state index in [9.17, 15) is 4.79 Å². The van der Waals surface area contributed by atoms with Crippen molar-refractivity contribution in [2.75, 3.05) is 0 Å². The van der Waals surface area contributed by atoms with Gasteiger partial charge in [-0.25, -0.2) is 4.79 Å². The van der Waals surface area contributed by atoms with E-state index in [1.807, 2.05) is 24.3 Å². The van der Waals surface area contributed by atoms with Gasteiger partial charge in [0.05, 0.1) is 11.6 Å². The molecule has 1 aromatic heterocycles. The number of benzene rings is 3. The molecule has 0 aliphatic rings. The Balaban J connectivity index is 1.45. The Hall–Kier alpha value is -4.44. The lowest BCUT2D eigenvalue weighted by Crippen LogP contribution is -2.11. The molecule has 7 heteroatoms. The fourth-order valence-electron chi connectivity index (χ4n) is 2.92. The van der Waals surface area contributed by atoms with Gasteiger partial charge < -0.3 is 14.0 Å². The number of carbonyl (C=O) groups is 1. The van der Waals surface area contributed by atoms with Gasteiger partial charge in [0.1, 0.15) is 17.1 Å². The Kier molecular flexibility index (Phi) is 5.72. The summed E-state index contributed by atoms with van der Waals surface area (Å²) in [5.41, 5.74) is 2.80. The van der Waals surface area contributed by atoms with E-state index in [-0.39, 0.29) is 6.61 Å². The number of aromatic nitrogens is 2. The number of nitrogens with zero attached hydrogens (tertiary/aromatic N) is 3. The van der Waals surface area contributed by atoms with Crippen LogP contribution in [-0.2, 0) is 6.61 Å². The molecule has 31 heavy (non-hydrogen) atoms. The molecule has 0 amide bonds. The van der Waals surface area contributed by atoms with Crippen LogP contribution in [0.3, 0.4) is 0 Å². The standard InChI is InChI=1S/C24H17N3O4/c1-16-26-23(27-31-16)15-29-22-5-3-2-4-21(22)24(28)30-20-12-10-19(11-13-20)18-8-6-17(14-25)7-9-18/h2-13H,15H2,1H3. The van der Waals surface area contributed by atoms with Crippen LogP contribution in [0.2, 0.25) is 0 Å². The van der Waals surface area contributed by atoms with E-state index >= 15 is 0 Å². The van der Waals surface area contributed by atoms with Gasteiger partial charge in [-0.05, 0) is 47.5 Å². The molecule has 0 spiro atoms. The van der Waals surface area contributed by atoms with Gasteiger partial charge in [-0.3, -0.25) is 0 Å². The second kappa shape index (κ2) is 8.93. The molecule has 0 fully saturated rings. The summed E-state index contributed by atoms with van der Waals surface area (Å²) in [7, 11) is 0. The first kappa shape index (κ1) is 19.9. The number of hydrogen-bond donors (Lipinski definition) is 0. The molecule has 1 heterocycles. The average Bonchev–Trinajstić information content (AvgIpc) is 3.23. The number of nitriles is 1. The lowest BCUT2D eigenvalue weighted by Gasteiger charge is -2.10. The van der Waals surface area contributed by atoms with Crippen LogP contribution < -0.4 is 9.47 Å². The van der Waals surface area contributed by atoms with Crippen molar-refractivity contribution in [2.24, 2.45) is 0 Å². The number of rotatable bonds is 6. The maximum absolute atomic E-state index is 12.7. The number of para-hydroxylation sites is 1. The van der Waals surface area contributed by atoms with E-state index in [1.54, 1.807) is 55.5 Å². The lowest BCUT2D eigenvalue weighted by atomic mass is 10.0. The summed E-state index contributed by atoms with van der Waals surface area (Å²) in [6, 6.07) is 23.3. The Morgan fingerprint density at radius 1 is 1.00 bits per heavy atom. The van der Waals surface area contributed by atoms with E-state index in [1.165, 1.54) is 0 Å². The maximum atomic E-state index is 12.7. The Labute approximate surface area is 178 Å². The van der Waals surface area contributed by atoms with Crippen LogP contribution in [0, 0.1) is 18.3 Å². The molecule has 3 aromatic carbocycles. The van der Waals surface area contributed by atoms with Crippen molar-refractivity contribution in [1.29, 1.82) is 5.26 Å². The minimum Gasteiger partial charge on any atom is -0.485 e. The molecule has 0 unspecified atom stereocenters. The molecule has 0 atom stereocenters. The Morgan fingerprint density at radius 2 is 1.68 bits per heavy atom. The lowest BCUT2D eigenvalue weighted by molar-refractivity contribution is 0.0729. The molecule has 0 bridgehead atoms. The molecule has 0 saturated carbocycles. The second-order valence-corrected chi connectivity index (χ2v) is 6.62. The van der Waals surface area contributed by atoms with Crippen LogP contribution >= 0.6 is 0 Å². The van der Waals surface area contributed by atoms with Crippen LogP contribution in [0.5, 0.6) is 11.5 Å². The molecule has 152 valence electrons. The molecule has 4 aromatic rings. The topological polar surface area (TPSA) is 98.2 Å². The summed E-state index contributed by atoms with van der Waals surface area (Å²) in [6.45, 7) is 1.76. The number of aryl methyl sites for hydroxylation is 1. The molecule has 0 radical (unpaired) electrons. The summed E-state index contributed by atoms with van der Waals surface area (Å²) in [6.07, 6.45) is 0. The van der Waals surface area contributed by atoms with E-state index in [0.717, 1.165) is 11.1 Å². The van der Waals surface area contributed by atoms with Crippen LogP contribution in [0.15, 0.2) is 77.3 Å². The highest BCUT2D eigenvalue weighted by molar-refractivity contribution is 5.94. The summed E-state index contributed by atoms with van der Waals surface area (Å²) in [5, 5.41) is 12.7. The third-order valence-electron chi connectivity index (χ3n) is 4.45. The Morgan fingerprint density at radius 3 is 2.32 bits per heavy atom. The van der Waals surface area contributed by atoms with Crippen molar-refractivity contribution in [3.63, 3.8) is 0 Å². The first-order valence-corrected chi connectivity index (χ1v) is 9.46. The Bertz CT molecular complexity index is 1240. The van der Waals surface area contributed by atoms with Crippen molar-refractivity contribution in [3.05, 3.63) is 95.6 Å². The van der Waals surface area contributed by atoms with Gasteiger partial charge in [-0.1, -0.05) is 41.6 Å². The van der Waals surface area contributed by atoms with E-state index < -0.39 is 5.97 Å². The number of carbonyl (C=O) groups excluding carboxylic acids is 1. The summed E-state index contributed by atoms with van der Waals surface area (Å²) < 4.78 is 16.1. The normalized spacial score (nSPS) is 10.3. The highest BCUT2D eigenvalue weighted by Gasteiger charge is 2.15. The molecular formula is C24H17N3O4. The SMILES string of the molecule is Cc1nc(COc2ccccc2C(=O)Oc2ccc(-c3ccc(C#N)cc3)cc2)no1. The fourth-order valence-corrected chi connectivity index (χ4v) is 2.92. The maximum Gasteiger partial charge on any atom is 0.347 e. The van der Waals surface area contributed by atoms with Crippen molar-refractivity contribution in [1.82, 2.24) is 10.1 Å². The molecule has 0 aliphatic heterocycles. The van der Waals surface area contributed by atoms with Crippen molar-refractivity contribution >= 4 is 5.97 Å². The van der Waals surface area contributed by atoms with Gasteiger partial charge in [-0.2, -0.15) is 10.2 Å². The average molecular weight is 411 g/mol. The first-order valence-electron chi connectivity index (χ1n) is 9.46. The zero-order valence-electron chi connectivity index (χ0n) is 16.6. The van der Waals surface area contributed by atoms with Gasteiger partial charge in [0, 0.05) is 6.92 Å². The molecule has 7 nitrogen and oxygen atoms in total. The van der Waals surface area contributed by atoms with Gasteiger partial charge in [-0.15, -0.1) is 0 Å². The zero-order chi connectivity index (χ0) is 21.6. The predicted octanol–water partition coefficient (Wildman–Crippen LogP) is 4.71. The summed E-state index contributed by atoms with van der Waals surface area (Å²) in [4.78, 5) is 16.8. The zero-order valence-corrected chi connectivity index (χ0v) is 16.6. The number of ether oxygens (including phenoxy) is 2. The molecule has 0 saturated heterocycles. The minimum atomic E-state index is -0.536. The van der Waals surface area contributed by atoms with E-state index in [4.69, 9.17) is 19.3 Å². The highest BCUT2D eigenvalue weighted by Crippen LogP contribution is 2.25. The van der Waals surface area contributed by atoms with Gasteiger partial charge in [0.2, 0.25) is 11.7 Å². The van der Waals surface area contributed by atoms with E-state index in [2.05, 4.69) is 16.2 Å². The largest absolute Gasteiger partial charge is 0.485 e. The molecule has 0 N–H and O–H groups in total. The van der Waals surface area contributed by atoms with Crippen LogP contribution in [0.4, 0.5) is 0 Å². The number of hydrogen-bond acceptors (Lipinski definition) is 7. The van der Waals surface area contributed by atoms with Gasteiger partial charge in [0.15, 0.2) is 6.61 Å². The van der Waals surface area contributed by atoms with Crippen LogP contribution in [-0.4, -0.2) is 16.1 Å². The van der Waals surface area contributed by atoms with Crippen LogP contribution in [0.1, 0.15) is 27.6 Å². The molecule has 4 rings (SSSR count). The quantitative estimate of drug-likeness (QED) is 0.334. The summed E-state index contributed by atoms with van der Waals surface area (Å²) in [5.74, 6) is 1.07.